The van der Waals surface area contributed by atoms with E-state index in [9.17, 15) is 4.39 Å². The molecular weight excluding hydrogens is 219 g/mol. The van der Waals surface area contributed by atoms with Crippen molar-refractivity contribution in [3.63, 3.8) is 0 Å². The average Bonchev–Trinajstić information content (AvgIpc) is 2.38. The van der Waals surface area contributed by atoms with Crippen LogP contribution < -0.4 is 4.74 Å². The van der Waals surface area contributed by atoms with Gasteiger partial charge in [0.1, 0.15) is 19.0 Å². The van der Waals surface area contributed by atoms with Crippen molar-refractivity contribution in [3.8, 4) is 5.75 Å². The molecule has 1 fully saturated rings. The predicted octanol–water partition coefficient (Wildman–Crippen LogP) is 3.52. The molecule has 1 heterocycles. The van der Waals surface area contributed by atoms with Crippen molar-refractivity contribution in [1.29, 1.82) is 0 Å². The van der Waals surface area contributed by atoms with E-state index in [-0.39, 0.29) is 12.7 Å². The Balaban J connectivity index is 1.93. The van der Waals surface area contributed by atoms with Crippen molar-refractivity contribution < 1.29 is 13.9 Å². The van der Waals surface area contributed by atoms with Crippen LogP contribution in [-0.2, 0) is 4.74 Å². The number of halogens is 1. The SMILES string of the molecule is CC1CCC(c2ccc(OCCF)cc2)OC1. The Bertz CT molecular complexity index is 329. The van der Waals surface area contributed by atoms with E-state index < -0.39 is 6.67 Å². The molecule has 0 N–H and O–H groups in total. The molecule has 1 saturated heterocycles. The zero-order chi connectivity index (χ0) is 12.1. The van der Waals surface area contributed by atoms with Gasteiger partial charge in [0, 0.05) is 6.61 Å². The van der Waals surface area contributed by atoms with E-state index in [0.717, 1.165) is 18.8 Å². The summed E-state index contributed by atoms with van der Waals surface area (Å²) in [5.74, 6) is 1.38. The first-order chi connectivity index (χ1) is 8.29. The summed E-state index contributed by atoms with van der Waals surface area (Å²) in [5.41, 5.74) is 1.18. The van der Waals surface area contributed by atoms with Gasteiger partial charge in [0.25, 0.3) is 0 Å². The third kappa shape index (κ3) is 3.43. The van der Waals surface area contributed by atoms with Crippen LogP contribution in [0.25, 0.3) is 0 Å². The van der Waals surface area contributed by atoms with Crippen LogP contribution in [0.4, 0.5) is 4.39 Å². The van der Waals surface area contributed by atoms with E-state index in [1.165, 1.54) is 12.0 Å². The van der Waals surface area contributed by atoms with Gasteiger partial charge in [-0.15, -0.1) is 0 Å². The fourth-order valence-corrected chi connectivity index (χ4v) is 2.08. The lowest BCUT2D eigenvalue weighted by molar-refractivity contribution is -0.0123. The Labute approximate surface area is 102 Å². The van der Waals surface area contributed by atoms with Gasteiger partial charge in [-0.1, -0.05) is 19.1 Å². The van der Waals surface area contributed by atoms with Crippen LogP contribution >= 0.6 is 0 Å². The highest BCUT2D eigenvalue weighted by molar-refractivity contribution is 5.28. The Kier molecular flexibility index (Phi) is 4.37. The molecule has 0 spiro atoms. The van der Waals surface area contributed by atoms with Gasteiger partial charge in [0.15, 0.2) is 0 Å². The van der Waals surface area contributed by atoms with Gasteiger partial charge in [-0.3, -0.25) is 0 Å². The molecule has 2 rings (SSSR count). The molecule has 1 aromatic carbocycles. The molecule has 0 aromatic heterocycles. The molecular formula is C14H19FO2. The molecule has 1 aromatic rings. The fourth-order valence-electron chi connectivity index (χ4n) is 2.08. The van der Waals surface area contributed by atoms with Crippen LogP contribution in [0, 0.1) is 5.92 Å². The summed E-state index contributed by atoms with van der Waals surface area (Å²) >= 11 is 0. The first-order valence-electron chi connectivity index (χ1n) is 6.20. The van der Waals surface area contributed by atoms with Gasteiger partial charge in [-0.2, -0.15) is 0 Å². The Morgan fingerprint density at radius 1 is 1.29 bits per heavy atom. The molecule has 0 radical (unpaired) electrons. The van der Waals surface area contributed by atoms with Gasteiger partial charge in [-0.25, -0.2) is 4.39 Å². The summed E-state index contributed by atoms with van der Waals surface area (Å²) < 4.78 is 22.9. The molecule has 17 heavy (non-hydrogen) atoms. The zero-order valence-corrected chi connectivity index (χ0v) is 10.2. The van der Waals surface area contributed by atoms with Crippen molar-refractivity contribution in [3.05, 3.63) is 29.8 Å². The molecule has 0 aliphatic carbocycles. The van der Waals surface area contributed by atoms with E-state index in [0.29, 0.717) is 5.92 Å². The van der Waals surface area contributed by atoms with E-state index in [4.69, 9.17) is 9.47 Å². The number of hydrogen-bond acceptors (Lipinski definition) is 2. The van der Waals surface area contributed by atoms with Crippen molar-refractivity contribution in [2.75, 3.05) is 19.9 Å². The van der Waals surface area contributed by atoms with E-state index in [2.05, 4.69) is 6.92 Å². The van der Waals surface area contributed by atoms with Gasteiger partial charge < -0.3 is 9.47 Å². The molecule has 0 bridgehead atoms. The standard InChI is InChI=1S/C14H19FO2/c1-11-2-7-14(17-10-11)12-3-5-13(6-4-12)16-9-8-15/h3-6,11,14H,2,7-10H2,1H3. The second-order valence-electron chi connectivity index (χ2n) is 4.61. The Hall–Kier alpha value is -1.09. The molecule has 0 amide bonds. The predicted molar refractivity (Wildman–Crippen MR) is 65.0 cm³/mol. The average molecular weight is 238 g/mol. The third-order valence-electron chi connectivity index (χ3n) is 3.10. The first kappa shape index (κ1) is 12.4. The highest BCUT2D eigenvalue weighted by atomic mass is 19.1. The van der Waals surface area contributed by atoms with Crippen LogP contribution in [0.15, 0.2) is 24.3 Å². The summed E-state index contributed by atoms with van der Waals surface area (Å²) in [4.78, 5) is 0. The summed E-state index contributed by atoms with van der Waals surface area (Å²) in [5, 5.41) is 0. The molecule has 94 valence electrons. The van der Waals surface area contributed by atoms with E-state index in [1.54, 1.807) is 0 Å². The molecule has 3 heteroatoms. The normalized spacial score (nSPS) is 24.6. The minimum Gasteiger partial charge on any atom is -0.491 e. The maximum absolute atomic E-state index is 11.9. The van der Waals surface area contributed by atoms with Crippen molar-refractivity contribution in [1.82, 2.24) is 0 Å². The molecule has 0 saturated carbocycles. The fraction of sp³-hybridized carbons (Fsp3) is 0.571. The van der Waals surface area contributed by atoms with Crippen LogP contribution in [0.5, 0.6) is 5.75 Å². The lowest BCUT2D eigenvalue weighted by atomic mass is 9.96. The largest absolute Gasteiger partial charge is 0.491 e. The number of hydrogen-bond donors (Lipinski definition) is 0. The molecule has 1 aliphatic heterocycles. The maximum atomic E-state index is 11.9. The summed E-state index contributed by atoms with van der Waals surface area (Å²) in [6.07, 6.45) is 2.50. The summed E-state index contributed by atoms with van der Waals surface area (Å²) in [6.45, 7) is 2.72. The van der Waals surface area contributed by atoms with Gasteiger partial charge in [0.05, 0.1) is 6.10 Å². The molecule has 2 unspecified atom stereocenters. The second kappa shape index (κ2) is 6.01. The summed E-state index contributed by atoms with van der Waals surface area (Å²) in [6, 6.07) is 7.78. The van der Waals surface area contributed by atoms with Crippen LogP contribution in [0.3, 0.4) is 0 Å². The summed E-state index contributed by atoms with van der Waals surface area (Å²) in [7, 11) is 0. The second-order valence-corrected chi connectivity index (χ2v) is 4.61. The van der Waals surface area contributed by atoms with Gasteiger partial charge in [0.2, 0.25) is 0 Å². The van der Waals surface area contributed by atoms with Gasteiger partial charge in [-0.05, 0) is 36.5 Å². The topological polar surface area (TPSA) is 18.5 Å². The smallest absolute Gasteiger partial charge is 0.123 e. The number of benzene rings is 1. The van der Waals surface area contributed by atoms with Crippen molar-refractivity contribution in [2.45, 2.75) is 25.9 Å². The quantitative estimate of drug-likeness (QED) is 0.799. The minimum absolute atomic E-state index is 0.122. The Morgan fingerprint density at radius 2 is 2.06 bits per heavy atom. The highest BCUT2D eigenvalue weighted by Gasteiger charge is 2.19. The number of ether oxygens (including phenoxy) is 2. The van der Waals surface area contributed by atoms with Crippen LogP contribution in [-0.4, -0.2) is 19.9 Å². The number of rotatable bonds is 4. The monoisotopic (exact) mass is 238 g/mol. The third-order valence-corrected chi connectivity index (χ3v) is 3.10. The maximum Gasteiger partial charge on any atom is 0.123 e. The van der Waals surface area contributed by atoms with Crippen LogP contribution in [0.2, 0.25) is 0 Å². The molecule has 2 nitrogen and oxygen atoms in total. The lowest BCUT2D eigenvalue weighted by Crippen LogP contribution is -2.18. The first-order valence-corrected chi connectivity index (χ1v) is 6.20. The molecule has 1 aliphatic rings. The number of alkyl halides is 1. The van der Waals surface area contributed by atoms with Crippen LogP contribution in [0.1, 0.15) is 31.4 Å². The Morgan fingerprint density at radius 3 is 2.65 bits per heavy atom. The minimum atomic E-state index is -0.453. The van der Waals surface area contributed by atoms with E-state index in [1.807, 2.05) is 24.3 Å². The lowest BCUT2D eigenvalue weighted by Gasteiger charge is -2.27. The van der Waals surface area contributed by atoms with Crippen molar-refractivity contribution in [2.24, 2.45) is 5.92 Å². The zero-order valence-electron chi connectivity index (χ0n) is 10.2. The van der Waals surface area contributed by atoms with Gasteiger partial charge >= 0.3 is 0 Å². The molecule has 2 atom stereocenters. The van der Waals surface area contributed by atoms with E-state index >= 15 is 0 Å². The van der Waals surface area contributed by atoms with Crippen molar-refractivity contribution >= 4 is 0 Å². The highest BCUT2D eigenvalue weighted by Crippen LogP contribution is 2.31.